The molecular weight excluding hydrogens is 404 g/mol. The third-order valence-corrected chi connectivity index (χ3v) is 8.27. The standard InChI is InChI=1S/C25H30N4O3/c30-24(16-27-12-9-20-22(27)7-3-8-23(20)29(31)32)28-11-4-5-17-13-18-14-19(25(17)28)15-26-10-2-1-6-21(18)26/h3,7-9,12-13,18-19,21,25H,1-2,4-6,10-11,14-16H2/t18-,19+,21+,25+/m0/s1. The molecule has 1 aromatic heterocycles. The van der Waals surface area contributed by atoms with Crippen molar-refractivity contribution in [3.05, 3.63) is 52.2 Å². The fraction of sp³-hybridized carbons (Fsp3) is 0.560. The summed E-state index contributed by atoms with van der Waals surface area (Å²) in [5.74, 6) is 1.31. The number of amides is 1. The van der Waals surface area contributed by atoms with Crippen LogP contribution in [0, 0.1) is 22.0 Å². The highest BCUT2D eigenvalue weighted by Gasteiger charge is 2.46. The van der Waals surface area contributed by atoms with Crippen LogP contribution in [0.1, 0.15) is 38.5 Å². The Morgan fingerprint density at radius 3 is 2.94 bits per heavy atom. The number of likely N-dealkylation sites (tertiary alicyclic amines) is 1. The van der Waals surface area contributed by atoms with Gasteiger partial charge in [-0.05, 0) is 62.6 Å². The Morgan fingerprint density at radius 1 is 1.16 bits per heavy atom. The van der Waals surface area contributed by atoms with E-state index in [-0.39, 0.29) is 29.1 Å². The van der Waals surface area contributed by atoms with Crippen LogP contribution in [0.25, 0.3) is 10.9 Å². The first kappa shape index (κ1) is 20.0. The molecule has 4 aliphatic rings. The van der Waals surface area contributed by atoms with E-state index in [4.69, 9.17) is 0 Å². The topological polar surface area (TPSA) is 71.6 Å². The quantitative estimate of drug-likeness (QED) is 0.416. The minimum atomic E-state index is -0.356. The van der Waals surface area contributed by atoms with Crippen molar-refractivity contribution in [3.63, 3.8) is 0 Å². The highest BCUT2D eigenvalue weighted by Crippen LogP contribution is 2.45. The Hall–Kier alpha value is -2.67. The molecule has 0 spiro atoms. The number of carbonyl (C=O) groups is 1. The second-order valence-electron chi connectivity index (χ2n) is 10.0. The Labute approximate surface area is 187 Å². The average molecular weight is 435 g/mol. The predicted molar refractivity (Wildman–Crippen MR) is 122 cm³/mol. The zero-order valence-electron chi connectivity index (χ0n) is 18.4. The van der Waals surface area contributed by atoms with Gasteiger partial charge in [0, 0.05) is 31.4 Å². The van der Waals surface area contributed by atoms with Crippen LogP contribution in [-0.4, -0.2) is 56.9 Å². The molecule has 0 unspecified atom stereocenters. The van der Waals surface area contributed by atoms with E-state index in [0.29, 0.717) is 23.3 Å². The number of hydrogen-bond donors (Lipinski definition) is 0. The van der Waals surface area contributed by atoms with Gasteiger partial charge in [0.2, 0.25) is 5.91 Å². The minimum absolute atomic E-state index is 0.0912. The summed E-state index contributed by atoms with van der Waals surface area (Å²) < 4.78 is 1.87. The summed E-state index contributed by atoms with van der Waals surface area (Å²) in [5, 5.41) is 12.0. The van der Waals surface area contributed by atoms with E-state index < -0.39 is 0 Å². The summed E-state index contributed by atoms with van der Waals surface area (Å²) in [4.78, 5) is 29.4. The molecule has 0 N–H and O–H groups in total. The van der Waals surface area contributed by atoms with Gasteiger partial charge in [-0.1, -0.05) is 24.1 Å². The molecule has 32 heavy (non-hydrogen) atoms. The zero-order valence-corrected chi connectivity index (χ0v) is 18.4. The number of hydrogen-bond acceptors (Lipinski definition) is 4. The third kappa shape index (κ3) is 3.17. The van der Waals surface area contributed by atoms with Crippen LogP contribution in [0.3, 0.4) is 0 Å². The summed E-state index contributed by atoms with van der Waals surface area (Å²) in [7, 11) is 0. The maximum Gasteiger partial charge on any atom is 0.278 e. The number of nitro benzene ring substituents is 1. The van der Waals surface area contributed by atoms with Crippen LogP contribution in [0.4, 0.5) is 5.69 Å². The van der Waals surface area contributed by atoms with E-state index in [0.717, 1.165) is 31.4 Å². The number of nitrogens with zero attached hydrogens (tertiary/aromatic N) is 4. The lowest BCUT2D eigenvalue weighted by Gasteiger charge is -2.54. The Kier molecular flexibility index (Phi) is 4.82. The molecule has 7 heteroatoms. The van der Waals surface area contributed by atoms with Gasteiger partial charge in [-0.2, -0.15) is 0 Å². The van der Waals surface area contributed by atoms with E-state index in [1.807, 2.05) is 16.8 Å². The molecule has 3 fully saturated rings. The van der Waals surface area contributed by atoms with Gasteiger partial charge in [0.15, 0.2) is 0 Å². The molecule has 1 aromatic carbocycles. The van der Waals surface area contributed by atoms with Gasteiger partial charge in [-0.25, -0.2) is 0 Å². The molecule has 2 aromatic rings. The Bertz CT molecular complexity index is 1110. The molecule has 7 nitrogen and oxygen atoms in total. The number of nitro groups is 1. The van der Waals surface area contributed by atoms with Crippen LogP contribution in [-0.2, 0) is 11.3 Å². The van der Waals surface area contributed by atoms with Gasteiger partial charge in [0.05, 0.1) is 21.9 Å². The molecule has 3 aliphatic heterocycles. The van der Waals surface area contributed by atoms with Crippen molar-refractivity contribution in [3.8, 4) is 0 Å². The fourth-order valence-corrected chi connectivity index (χ4v) is 6.99. The summed E-state index contributed by atoms with van der Waals surface area (Å²) in [6.07, 6.45) is 11.7. The number of fused-ring (bicyclic) bond motifs is 7. The van der Waals surface area contributed by atoms with Crippen molar-refractivity contribution in [2.24, 2.45) is 11.8 Å². The summed E-state index contributed by atoms with van der Waals surface area (Å²) in [6, 6.07) is 7.77. The second kappa shape index (κ2) is 7.73. The van der Waals surface area contributed by atoms with Crippen LogP contribution in [0.2, 0.25) is 0 Å². The van der Waals surface area contributed by atoms with Gasteiger partial charge in [0.25, 0.3) is 5.69 Å². The van der Waals surface area contributed by atoms with Crippen molar-refractivity contribution in [2.75, 3.05) is 19.6 Å². The largest absolute Gasteiger partial charge is 0.338 e. The fourth-order valence-electron chi connectivity index (χ4n) is 6.99. The number of piperidine rings is 3. The number of carbonyl (C=O) groups excluding carboxylic acids is 1. The molecule has 2 bridgehead atoms. The molecule has 4 heterocycles. The SMILES string of the molecule is O=C(Cn1ccc2c([N+](=O)[O-])cccc21)N1CCCC2=C[C@H]3C[C@H](CN4CCCC[C@H]34)[C@@H]21. The van der Waals surface area contributed by atoms with Crippen LogP contribution >= 0.6 is 0 Å². The molecule has 168 valence electrons. The van der Waals surface area contributed by atoms with Gasteiger partial charge in [0.1, 0.15) is 6.54 Å². The first-order valence-electron chi connectivity index (χ1n) is 12.1. The Balaban J connectivity index is 1.27. The van der Waals surface area contributed by atoms with Crippen molar-refractivity contribution in [2.45, 2.75) is 57.2 Å². The molecule has 0 saturated carbocycles. The molecule has 1 amide bonds. The summed E-state index contributed by atoms with van der Waals surface area (Å²) >= 11 is 0. The number of aromatic nitrogens is 1. The molecule has 4 atom stereocenters. The molecule has 6 rings (SSSR count). The Morgan fingerprint density at radius 2 is 2.06 bits per heavy atom. The van der Waals surface area contributed by atoms with Gasteiger partial charge >= 0.3 is 0 Å². The molecule has 1 aliphatic carbocycles. The van der Waals surface area contributed by atoms with Crippen molar-refractivity contribution >= 4 is 22.5 Å². The lowest BCUT2D eigenvalue weighted by molar-refractivity contribution is -0.383. The van der Waals surface area contributed by atoms with Crippen LogP contribution in [0.5, 0.6) is 0 Å². The van der Waals surface area contributed by atoms with Crippen molar-refractivity contribution < 1.29 is 9.72 Å². The molecule has 3 saturated heterocycles. The molecular formula is C25H30N4O3. The first-order valence-corrected chi connectivity index (χ1v) is 12.1. The maximum absolute atomic E-state index is 13.6. The maximum atomic E-state index is 13.6. The van der Waals surface area contributed by atoms with E-state index in [1.54, 1.807) is 12.1 Å². The van der Waals surface area contributed by atoms with E-state index in [2.05, 4.69) is 15.9 Å². The number of benzene rings is 1. The predicted octanol–water partition coefficient (Wildman–Crippen LogP) is 3.97. The summed E-state index contributed by atoms with van der Waals surface area (Å²) in [5.41, 5.74) is 2.33. The highest BCUT2D eigenvalue weighted by molar-refractivity contribution is 5.90. The molecule has 0 radical (unpaired) electrons. The van der Waals surface area contributed by atoms with E-state index in [1.165, 1.54) is 43.9 Å². The number of rotatable bonds is 3. The minimum Gasteiger partial charge on any atom is -0.338 e. The zero-order chi connectivity index (χ0) is 21.8. The third-order valence-electron chi connectivity index (χ3n) is 8.27. The van der Waals surface area contributed by atoms with Gasteiger partial charge in [-0.15, -0.1) is 0 Å². The average Bonchev–Trinajstić information content (AvgIpc) is 3.21. The van der Waals surface area contributed by atoms with Crippen LogP contribution in [0.15, 0.2) is 42.1 Å². The smallest absolute Gasteiger partial charge is 0.278 e. The van der Waals surface area contributed by atoms with Gasteiger partial charge < -0.3 is 9.47 Å². The first-order chi connectivity index (χ1) is 15.6. The monoisotopic (exact) mass is 434 g/mol. The summed E-state index contributed by atoms with van der Waals surface area (Å²) in [6.45, 7) is 3.36. The lowest BCUT2D eigenvalue weighted by atomic mass is 9.68. The van der Waals surface area contributed by atoms with Crippen molar-refractivity contribution in [1.29, 1.82) is 0 Å². The normalized spacial score (nSPS) is 29.9. The van der Waals surface area contributed by atoms with Crippen molar-refractivity contribution in [1.82, 2.24) is 14.4 Å². The number of non-ortho nitro benzene ring substituents is 1. The highest BCUT2D eigenvalue weighted by atomic mass is 16.6. The lowest BCUT2D eigenvalue weighted by Crippen LogP contribution is -2.60. The van der Waals surface area contributed by atoms with E-state index in [9.17, 15) is 14.9 Å². The van der Waals surface area contributed by atoms with E-state index >= 15 is 0 Å². The van der Waals surface area contributed by atoms with Crippen LogP contribution < -0.4 is 0 Å². The van der Waals surface area contributed by atoms with Gasteiger partial charge in [-0.3, -0.25) is 19.8 Å². The second-order valence-corrected chi connectivity index (χ2v) is 10.0.